The van der Waals surface area contributed by atoms with Crippen LogP contribution in [0.25, 0.3) is 28.2 Å². The number of hydrogen-bond donors (Lipinski definition) is 2. The minimum absolute atomic E-state index is 0.189. The van der Waals surface area contributed by atoms with E-state index in [1.54, 1.807) is 12.1 Å². The van der Waals surface area contributed by atoms with E-state index in [2.05, 4.69) is 10.1 Å². The predicted octanol–water partition coefficient (Wildman–Crippen LogP) is 3.05. The third kappa shape index (κ3) is 2.70. The summed E-state index contributed by atoms with van der Waals surface area (Å²) in [6.07, 6.45) is 0. The average Bonchev–Trinajstić information content (AvgIpc) is 3.07. The molecule has 0 atom stereocenters. The van der Waals surface area contributed by atoms with Crippen molar-refractivity contribution in [1.29, 1.82) is 0 Å². The molecule has 25 heavy (non-hydrogen) atoms. The molecule has 6 heteroatoms. The molecule has 0 aliphatic carbocycles. The maximum absolute atomic E-state index is 12.4. The van der Waals surface area contributed by atoms with Crippen molar-refractivity contribution in [3.63, 3.8) is 0 Å². The lowest BCUT2D eigenvalue weighted by Gasteiger charge is -2.02. The molecule has 2 N–H and O–H groups in total. The minimum atomic E-state index is -0.992. The summed E-state index contributed by atoms with van der Waals surface area (Å²) in [5.41, 5.74) is 3.40. The number of carboxylic acids is 1. The average molecular weight is 331 g/mol. The summed E-state index contributed by atoms with van der Waals surface area (Å²) in [7, 11) is 0. The predicted molar refractivity (Wildman–Crippen MR) is 93.6 cm³/mol. The highest BCUT2D eigenvalue weighted by atomic mass is 16.4. The number of H-pyrrole nitrogens is 1. The van der Waals surface area contributed by atoms with E-state index in [1.165, 1.54) is 22.7 Å². The smallest absolute Gasteiger partial charge is 0.335 e. The summed E-state index contributed by atoms with van der Waals surface area (Å²) in [4.78, 5) is 27.8. The van der Waals surface area contributed by atoms with Crippen LogP contribution in [0.3, 0.4) is 0 Å². The molecule has 4 aromatic rings. The van der Waals surface area contributed by atoms with Crippen molar-refractivity contribution in [3.8, 4) is 22.5 Å². The SMILES string of the molecule is O=C(O)c1ccc(-c2cc(=O)n3[nH]c(-c4ccccc4)cc3n2)cc1. The molecule has 0 fully saturated rings. The zero-order valence-electron chi connectivity index (χ0n) is 13.0. The van der Waals surface area contributed by atoms with Gasteiger partial charge in [0.15, 0.2) is 5.65 Å². The van der Waals surface area contributed by atoms with Crippen molar-refractivity contribution in [2.75, 3.05) is 0 Å². The van der Waals surface area contributed by atoms with E-state index in [0.717, 1.165) is 11.3 Å². The number of carbonyl (C=O) groups is 1. The van der Waals surface area contributed by atoms with Gasteiger partial charge in [0.05, 0.1) is 17.0 Å². The monoisotopic (exact) mass is 331 g/mol. The highest BCUT2D eigenvalue weighted by Crippen LogP contribution is 2.21. The summed E-state index contributed by atoms with van der Waals surface area (Å²) in [6, 6.07) is 19.2. The fraction of sp³-hybridized carbons (Fsp3) is 0. The van der Waals surface area contributed by atoms with E-state index in [0.29, 0.717) is 16.9 Å². The first kappa shape index (κ1) is 14.9. The van der Waals surface area contributed by atoms with Crippen LogP contribution in [0.4, 0.5) is 0 Å². The fourth-order valence-electron chi connectivity index (χ4n) is 2.69. The zero-order valence-corrected chi connectivity index (χ0v) is 13.0. The second-order valence-electron chi connectivity index (χ2n) is 5.59. The zero-order chi connectivity index (χ0) is 17.4. The Morgan fingerprint density at radius 2 is 1.68 bits per heavy atom. The number of aromatic nitrogens is 3. The van der Waals surface area contributed by atoms with Crippen molar-refractivity contribution in [2.45, 2.75) is 0 Å². The summed E-state index contributed by atoms with van der Waals surface area (Å²) < 4.78 is 1.39. The van der Waals surface area contributed by atoms with Gasteiger partial charge in [0.2, 0.25) is 0 Å². The molecule has 0 saturated carbocycles. The quantitative estimate of drug-likeness (QED) is 0.604. The molecule has 0 amide bonds. The van der Waals surface area contributed by atoms with Gasteiger partial charge in [0.25, 0.3) is 5.56 Å². The number of aromatic carboxylic acids is 1. The number of fused-ring (bicyclic) bond motifs is 1. The summed E-state index contributed by atoms with van der Waals surface area (Å²) in [5, 5.41) is 12.0. The van der Waals surface area contributed by atoms with Gasteiger partial charge in [-0.25, -0.2) is 14.3 Å². The van der Waals surface area contributed by atoms with E-state index >= 15 is 0 Å². The number of nitrogens with zero attached hydrogens (tertiary/aromatic N) is 2. The Labute approximate surface area is 142 Å². The van der Waals surface area contributed by atoms with E-state index in [9.17, 15) is 9.59 Å². The number of aromatic amines is 1. The highest BCUT2D eigenvalue weighted by Gasteiger charge is 2.10. The van der Waals surface area contributed by atoms with Gasteiger partial charge < -0.3 is 5.11 Å². The lowest BCUT2D eigenvalue weighted by Crippen LogP contribution is -2.14. The van der Waals surface area contributed by atoms with E-state index < -0.39 is 5.97 Å². The molecule has 0 aliphatic rings. The normalized spacial score (nSPS) is 10.9. The van der Waals surface area contributed by atoms with Gasteiger partial charge >= 0.3 is 5.97 Å². The Morgan fingerprint density at radius 3 is 2.36 bits per heavy atom. The molecule has 6 nitrogen and oxygen atoms in total. The maximum atomic E-state index is 12.4. The first-order valence-electron chi connectivity index (χ1n) is 7.64. The Hall–Kier alpha value is -3.67. The fourth-order valence-corrected chi connectivity index (χ4v) is 2.69. The molecule has 0 spiro atoms. The Balaban J connectivity index is 1.81. The maximum Gasteiger partial charge on any atom is 0.335 e. The van der Waals surface area contributed by atoms with Gasteiger partial charge in [-0.05, 0) is 17.7 Å². The van der Waals surface area contributed by atoms with Crippen LogP contribution < -0.4 is 5.56 Å². The Morgan fingerprint density at radius 1 is 0.960 bits per heavy atom. The third-order valence-corrected chi connectivity index (χ3v) is 3.96. The topological polar surface area (TPSA) is 87.5 Å². The van der Waals surface area contributed by atoms with Crippen LogP contribution in [0, 0.1) is 0 Å². The van der Waals surface area contributed by atoms with E-state index in [1.807, 2.05) is 36.4 Å². The minimum Gasteiger partial charge on any atom is -0.478 e. The molecule has 0 unspecified atom stereocenters. The number of nitrogens with one attached hydrogen (secondary N) is 1. The van der Waals surface area contributed by atoms with Gasteiger partial charge in [-0.15, -0.1) is 0 Å². The van der Waals surface area contributed by atoms with Crippen LogP contribution >= 0.6 is 0 Å². The van der Waals surface area contributed by atoms with E-state index in [-0.39, 0.29) is 11.1 Å². The molecule has 0 radical (unpaired) electrons. The summed E-state index contributed by atoms with van der Waals surface area (Å²) in [6.45, 7) is 0. The third-order valence-electron chi connectivity index (χ3n) is 3.96. The number of rotatable bonds is 3. The van der Waals surface area contributed by atoms with Crippen molar-refractivity contribution < 1.29 is 9.90 Å². The molecular weight excluding hydrogens is 318 g/mol. The largest absolute Gasteiger partial charge is 0.478 e. The first-order chi connectivity index (χ1) is 12.1. The van der Waals surface area contributed by atoms with Crippen LogP contribution in [0.1, 0.15) is 10.4 Å². The molecule has 2 heterocycles. The van der Waals surface area contributed by atoms with Crippen LogP contribution in [0.2, 0.25) is 0 Å². The molecule has 0 aliphatic heterocycles. The van der Waals surface area contributed by atoms with E-state index in [4.69, 9.17) is 5.11 Å². The standard InChI is InChI=1S/C19H13N3O3/c23-18-11-15(13-6-8-14(9-7-13)19(24)25)20-17-10-16(21-22(17)18)12-4-2-1-3-5-12/h1-11,21H,(H,24,25). The molecule has 0 bridgehead atoms. The van der Waals surface area contributed by atoms with Gasteiger partial charge in [0, 0.05) is 17.7 Å². The van der Waals surface area contributed by atoms with Crippen molar-refractivity contribution in [3.05, 3.63) is 82.6 Å². The van der Waals surface area contributed by atoms with Gasteiger partial charge in [0.1, 0.15) is 0 Å². The molecule has 0 saturated heterocycles. The number of carboxylic acid groups (broad SMARTS) is 1. The van der Waals surface area contributed by atoms with Gasteiger partial charge in [-0.2, -0.15) is 0 Å². The Bertz CT molecular complexity index is 1130. The Kier molecular flexibility index (Phi) is 3.43. The van der Waals surface area contributed by atoms with Crippen molar-refractivity contribution >= 4 is 11.6 Å². The van der Waals surface area contributed by atoms with Crippen LogP contribution in [-0.4, -0.2) is 25.7 Å². The highest BCUT2D eigenvalue weighted by molar-refractivity contribution is 5.88. The molecular formula is C19H13N3O3. The summed E-state index contributed by atoms with van der Waals surface area (Å²) >= 11 is 0. The van der Waals surface area contributed by atoms with Crippen LogP contribution in [-0.2, 0) is 0 Å². The molecule has 2 aromatic heterocycles. The second kappa shape index (κ2) is 5.76. The van der Waals surface area contributed by atoms with Gasteiger partial charge in [-0.3, -0.25) is 9.89 Å². The van der Waals surface area contributed by atoms with Crippen LogP contribution in [0.5, 0.6) is 0 Å². The molecule has 122 valence electrons. The van der Waals surface area contributed by atoms with Crippen molar-refractivity contribution in [2.24, 2.45) is 0 Å². The molecule has 4 rings (SSSR count). The summed E-state index contributed by atoms with van der Waals surface area (Å²) in [5.74, 6) is -0.992. The lowest BCUT2D eigenvalue weighted by molar-refractivity contribution is 0.0697. The van der Waals surface area contributed by atoms with Gasteiger partial charge in [-0.1, -0.05) is 42.5 Å². The van der Waals surface area contributed by atoms with Crippen molar-refractivity contribution in [1.82, 2.24) is 14.6 Å². The lowest BCUT2D eigenvalue weighted by atomic mass is 10.1. The number of hydrogen-bond acceptors (Lipinski definition) is 3. The second-order valence-corrected chi connectivity index (χ2v) is 5.59. The first-order valence-corrected chi connectivity index (χ1v) is 7.64. The van der Waals surface area contributed by atoms with Crippen LogP contribution in [0.15, 0.2) is 71.5 Å². The number of benzene rings is 2. The molecule has 2 aromatic carbocycles.